The molecule has 0 radical (unpaired) electrons. The first-order chi connectivity index (χ1) is 5.70. The van der Waals surface area contributed by atoms with E-state index in [2.05, 4.69) is 23.4 Å². The quantitative estimate of drug-likeness (QED) is 0.726. The first-order valence-corrected chi connectivity index (χ1v) is 4.42. The SMILES string of the molecule is Cn1nccc1CNC1(C)CC1. The Balaban J connectivity index is 1.91. The van der Waals surface area contributed by atoms with Gasteiger partial charge in [-0.05, 0) is 25.8 Å². The molecule has 3 nitrogen and oxygen atoms in total. The fourth-order valence-electron chi connectivity index (χ4n) is 1.24. The normalized spacial score (nSPS) is 19.5. The van der Waals surface area contributed by atoms with Gasteiger partial charge in [-0.25, -0.2) is 0 Å². The summed E-state index contributed by atoms with van der Waals surface area (Å²) in [4.78, 5) is 0. The first kappa shape index (κ1) is 7.80. The number of rotatable bonds is 3. The van der Waals surface area contributed by atoms with Crippen LogP contribution in [0.25, 0.3) is 0 Å². The van der Waals surface area contributed by atoms with Crippen LogP contribution in [-0.4, -0.2) is 15.3 Å². The first-order valence-electron chi connectivity index (χ1n) is 4.42. The molecule has 0 bridgehead atoms. The predicted molar refractivity (Wildman–Crippen MR) is 47.7 cm³/mol. The van der Waals surface area contributed by atoms with E-state index < -0.39 is 0 Å². The predicted octanol–water partition coefficient (Wildman–Crippen LogP) is 1.06. The Labute approximate surface area is 72.8 Å². The molecule has 1 saturated carbocycles. The van der Waals surface area contributed by atoms with Crippen molar-refractivity contribution in [2.24, 2.45) is 7.05 Å². The Bertz CT molecular complexity index is 273. The molecule has 1 fully saturated rings. The summed E-state index contributed by atoms with van der Waals surface area (Å²) in [6.45, 7) is 3.20. The zero-order valence-electron chi connectivity index (χ0n) is 7.67. The Morgan fingerprint density at radius 3 is 2.92 bits per heavy atom. The maximum Gasteiger partial charge on any atom is 0.0518 e. The van der Waals surface area contributed by atoms with Crippen LogP contribution in [-0.2, 0) is 13.6 Å². The van der Waals surface area contributed by atoms with E-state index >= 15 is 0 Å². The molecular weight excluding hydrogens is 150 g/mol. The van der Waals surface area contributed by atoms with Gasteiger partial charge in [0.2, 0.25) is 0 Å². The molecule has 0 amide bonds. The van der Waals surface area contributed by atoms with Crippen molar-refractivity contribution < 1.29 is 0 Å². The van der Waals surface area contributed by atoms with Crippen molar-refractivity contribution in [3.05, 3.63) is 18.0 Å². The molecule has 12 heavy (non-hydrogen) atoms. The Morgan fingerprint density at radius 2 is 2.42 bits per heavy atom. The summed E-state index contributed by atoms with van der Waals surface area (Å²) in [6.07, 6.45) is 4.46. The molecule has 1 N–H and O–H groups in total. The summed E-state index contributed by atoms with van der Waals surface area (Å²) >= 11 is 0. The van der Waals surface area contributed by atoms with Crippen molar-refractivity contribution >= 4 is 0 Å². The van der Waals surface area contributed by atoms with Gasteiger partial charge >= 0.3 is 0 Å². The van der Waals surface area contributed by atoms with Crippen molar-refractivity contribution in [2.45, 2.75) is 31.8 Å². The molecule has 1 aromatic heterocycles. The number of hydrogen-bond acceptors (Lipinski definition) is 2. The van der Waals surface area contributed by atoms with Crippen LogP contribution in [0.3, 0.4) is 0 Å². The number of nitrogens with one attached hydrogen (secondary N) is 1. The minimum Gasteiger partial charge on any atom is -0.306 e. The van der Waals surface area contributed by atoms with E-state index in [-0.39, 0.29) is 0 Å². The lowest BCUT2D eigenvalue weighted by Crippen LogP contribution is -2.27. The second kappa shape index (κ2) is 2.59. The van der Waals surface area contributed by atoms with E-state index in [9.17, 15) is 0 Å². The molecule has 0 atom stereocenters. The summed E-state index contributed by atoms with van der Waals surface area (Å²) < 4.78 is 1.92. The zero-order chi connectivity index (χ0) is 8.60. The maximum atomic E-state index is 4.11. The lowest BCUT2D eigenvalue weighted by Gasteiger charge is -2.10. The molecule has 0 spiro atoms. The van der Waals surface area contributed by atoms with Crippen molar-refractivity contribution in [1.82, 2.24) is 15.1 Å². The van der Waals surface area contributed by atoms with Crippen LogP contribution in [0, 0.1) is 0 Å². The minimum atomic E-state index is 0.421. The molecule has 0 aromatic carbocycles. The van der Waals surface area contributed by atoms with Crippen LogP contribution >= 0.6 is 0 Å². The number of hydrogen-bond donors (Lipinski definition) is 1. The number of nitrogens with zero attached hydrogens (tertiary/aromatic N) is 2. The highest BCUT2D eigenvalue weighted by molar-refractivity contribution is 5.04. The van der Waals surface area contributed by atoms with Crippen molar-refractivity contribution in [2.75, 3.05) is 0 Å². The molecule has 1 heterocycles. The van der Waals surface area contributed by atoms with Crippen LogP contribution in [0.4, 0.5) is 0 Å². The molecular formula is C9H15N3. The third-order valence-electron chi connectivity index (χ3n) is 2.62. The summed E-state index contributed by atoms with van der Waals surface area (Å²) in [6, 6.07) is 2.05. The van der Waals surface area contributed by atoms with Gasteiger partial charge in [-0.2, -0.15) is 5.10 Å². The van der Waals surface area contributed by atoms with E-state index in [0.29, 0.717) is 5.54 Å². The average molecular weight is 165 g/mol. The molecule has 1 aliphatic rings. The molecule has 66 valence electrons. The molecule has 3 heteroatoms. The molecule has 2 rings (SSSR count). The smallest absolute Gasteiger partial charge is 0.0518 e. The van der Waals surface area contributed by atoms with E-state index in [0.717, 1.165) is 6.54 Å². The highest BCUT2D eigenvalue weighted by atomic mass is 15.3. The summed E-state index contributed by atoms with van der Waals surface area (Å²) in [5, 5.41) is 7.63. The van der Waals surface area contributed by atoms with Gasteiger partial charge in [0.1, 0.15) is 0 Å². The van der Waals surface area contributed by atoms with Gasteiger partial charge < -0.3 is 5.32 Å². The molecule has 1 aromatic rings. The number of aryl methyl sites for hydroxylation is 1. The highest BCUT2D eigenvalue weighted by Gasteiger charge is 2.36. The highest BCUT2D eigenvalue weighted by Crippen LogP contribution is 2.34. The molecule has 0 saturated heterocycles. The third kappa shape index (κ3) is 1.50. The molecule has 0 unspecified atom stereocenters. The van der Waals surface area contributed by atoms with Gasteiger partial charge in [0.05, 0.1) is 5.69 Å². The van der Waals surface area contributed by atoms with Gasteiger partial charge in [-0.15, -0.1) is 0 Å². The van der Waals surface area contributed by atoms with Gasteiger partial charge in [0.25, 0.3) is 0 Å². The maximum absolute atomic E-state index is 4.11. The summed E-state index contributed by atoms with van der Waals surface area (Å²) in [7, 11) is 1.98. The topological polar surface area (TPSA) is 29.9 Å². The Kier molecular flexibility index (Phi) is 1.68. The average Bonchev–Trinajstić information content (AvgIpc) is 2.61. The van der Waals surface area contributed by atoms with E-state index in [1.807, 2.05) is 17.9 Å². The molecule has 1 aliphatic carbocycles. The van der Waals surface area contributed by atoms with E-state index in [1.165, 1.54) is 18.5 Å². The second-order valence-electron chi connectivity index (χ2n) is 3.86. The van der Waals surface area contributed by atoms with E-state index in [1.54, 1.807) is 0 Å². The second-order valence-corrected chi connectivity index (χ2v) is 3.86. The molecule has 0 aliphatic heterocycles. The zero-order valence-corrected chi connectivity index (χ0v) is 7.67. The largest absolute Gasteiger partial charge is 0.306 e. The van der Waals surface area contributed by atoms with Gasteiger partial charge in [0, 0.05) is 25.3 Å². The van der Waals surface area contributed by atoms with Gasteiger partial charge in [0.15, 0.2) is 0 Å². The lowest BCUT2D eigenvalue weighted by atomic mass is 10.3. The fraction of sp³-hybridized carbons (Fsp3) is 0.667. The minimum absolute atomic E-state index is 0.421. The van der Waals surface area contributed by atoms with Crippen molar-refractivity contribution in [1.29, 1.82) is 0 Å². The number of aromatic nitrogens is 2. The van der Waals surface area contributed by atoms with Crippen LogP contribution in [0.1, 0.15) is 25.5 Å². The van der Waals surface area contributed by atoms with E-state index in [4.69, 9.17) is 0 Å². The lowest BCUT2D eigenvalue weighted by molar-refractivity contribution is 0.518. The third-order valence-corrected chi connectivity index (χ3v) is 2.62. The fourth-order valence-corrected chi connectivity index (χ4v) is 1.24. The van der Waals surface area contributed by atoms with Crippen LogP contribution < -0.4 is 5.32 Å². The van der Waals surface area contributed by atoms with Crippen LogP contribution in [0.5, 0.6) is 0 Å². The standard InChI is InChI=1S/C9H15N3/c1-9(4-5-9)10-7-8-3-6-11-12(8)2/h3,6,10H,4-5,7H2,1-2H3. The monoisotopic (exact) mass is 165 g/mol. The van der Waals surface area contributed by atoms with Gasteiger partial charge in [-0.1, -0.05) is 0 Å². The summed E-state index contributed by atoms with van der Waals surface area (Å²) in [5.74, 6) is 0. The Morgan fingerprint density at radius 1 is 1.67 bits per heavy atom. The van der Waals surface area contributed by atoms with Gasteiger partial charge in [-0.3, -0.25) is 4.68 Å². The van der Waals surface area contributed by atoms with Crippen LogP contribution in [0.15, 0.2) is 12.3 Å². The van der Waals surface area contributed by atoms with Crippen LogP contribution in [0.2, 0.25) is 0 Å². The van der Waals surface area contributed by atoms with Crippen molar-refractivity contribution in [3.63, 3.8) is 0 Å². The summed E-state index contributed by atoms with van der Waals surface area (Å²) in [5.41, 5.74) is 1.67. The van der Waals surface area contributed by atoms with Crippen molar-refractivity contribution in [3.8, 4) is 0 Å². The Hall–Kier alpha value is -0.830.